The van der Waals surface area contributed by atoms with Crippen molar-refractivity contribution < 1.29 is 18.0 Å². The maximum atomic E-state index is 13.8. The fourth-order valence-electron chi connectivity index (χ4n) is 3.00. The predicted octanol–water partition coefficient (Wildman–Crippen LogP) is 5.25. The van der Waals surface area contributed by atoms with E-state index in [9.17, 15) is 18.0 Å². The van der Waals surface area contributed by atoms with Crippen molar-refractivity contribution in [3.63, 3.8) is 0 Å². The molecule has 0 spiro atoms. The number of imidazole rings is 1. The minimum atomic E-state index is -0.500. The van der Waals surface area contributed by atoms with Gasteiger partial charge in [0.1, 0.15) is 23.1 Å². The number of aromatic nitrogens is 2. The Morgan fingerprint density at radius 3 is 2.38 bits per heavy atom. The lowest BCUT2D eigenvalue weighted by molar-refractivity contribution is -0.115. The molecule has 2 aromatic carbocycles. The van der Waals surface area contributed by atoms with E-state index >= 15 is 0 Å². The first-order chi connectivity index (χ1) is 13.9. The molecular formula is C21H13ClF3N3O. The highest BCUT2D eigenvalue weighted by Crippen LogP contribution is 2.30. The Balaban J connectivity index is 1.72. The Bertz CT molecular complexity index is 1220. The SMILES string of the molecule is O=C(Cc1ccc(F)cc1Cl)Nc1nc2ccc(F)cn2c1-c1ccc(F)cc1. The summed E-state index contributed by atoms with van der Waals surface area (Å²) in [5, 5.41) is 2.82. The van der Waals surface area contributed by atoms with Gasteiger partial charge in [-0.05, 0) is 54.1 Å². The summed E-state index contributed by atoms with van der Waals surface area (Å²) in [6.45, 7) is 0. The molecule has 4 rings (SSSR count). The Hall–Kier alpha value is -3.32. The number of halogens is 4. The highest BCUT2D eigenvalue weighted by molar-refractivity contribution is 6.31. The third kappa shape index (κ3) is 3.95. The molecule has 0 atom stereocenters. The number of nitrogens with one attached hydrogen (secondary N) is 1. The standard InChI is InChI=1S/C21H13ClF3N3O/c22-17-10-15(24)6-3-13(17)9-19(29)27-21-20(12-1-4-14(23)5-2-12)28-11-16(25)7-8-18(28)26-21/h1-8,10-11H,9H2,(H,27,29). The van der Waals surface area contributed by atoms with Gasteiger partial charge in [-0.25, -0.2) is 18.2 Å². The molecule has 0 saturated carbocycles. The number of carbonyl (C=O) groups excluding carboxylic acids is 1. The van der Waals surface area contributed by atoms with Gasteiger partial charge in [0.25, 0.3) is 0 Å². The van der Waals surface area contributed by atoms with E-state index in [0.717, 1.165) is 6.07 Å². The van der Waals surface area contributed by atoms with Crippen LogP contribution in [0.1, 0.15) is 5.56 Å². The molecule has 0 aliphatic rings. The van der Waals surface area contributed by atoms with E-state index in [4.69, 9.17) is 11.6 Å². The summed E-state index contributed by atoms with van der Waals surface area (Å²) >= 11 is 5.98. The van der Waals surface area contributed by atoms with Gasteiger partial charge in [-0.1, -0.05) is 17.7 Å². The molecule has 0 unspecified atom stereocenters. The maximum absolute atomic E-state index is 13.8. The molecule has 0 aliphatic carbocycles. The first-order valence-electron chi connectivity index (χ1n) is 8.58. The molecule has 4 nitrogen and oxygen atoms in total. The highest BCUT2D eigenvalue weighted by atomic mass is 35.5. The van der Waals surface area contributed by atoms with Crippen LogP contribution in [-0.4, -0.2) is 15.3 Å². The second-order valence-electron chi connectivity index (χ2n) is 6.35. The average molecular weight is 416 g/mol. The molecule has 0 saturated heterocycles. The van der Waals surface area contributed by atoms with E-state index in [1.165, 1.54) is 59.1 Å². The molecule has 29 heavy (non-hydrogen) atoms. The van der Waals surface area contributed by atoms with Gasteiger partial charge in [-0.3, -0.25) is 9.20 Å². The van der Waals surface area contributed by atoms with Gasteiger partial charge in [0.2, 0.25) is 5.91 Å². The van der Waals surface area contributed by atoms with Gasteiger partial charge in [0.15, 0.2) is 5.82 Å². The lowest BCUT2D eigenvalue weighted by Crippen LogP contribution is -2.15. The molecule has 1 amide bonds. The van der Waals surface area contributed by atoms with Crippen LogP contribution in [0.4, 0.5) is 19.0 Å². The molecule has 0 radical (unpaired) electrons. The van der Waals surface area contributed by atoms with Crippen LogP contribution in [0, 0.1) is 17.5 Å². The number of fused-ring (bicyclic) bond motifs is 1. The van der Waals surface area contributed by atoms with Crippen molar-refractivity contribution in [1.29, 1.82) is 0 Å². The Kier molecular flexibility index (Phi) is 4.98. The second kappa shape index (κ2) is 7.60. The number of hydrogen-bond donors (Lipinski definition) is 1. The smallest absolute Gasteiger partial charge is 0.230 e. The zero-order valence-electron chi connectivity index (χ0n) is 14.8. The normalized spacial score (nSPS) is 11.0. The van der Waals surface area contributed by atoms with Crippen LogP contribution >= 0.6 is 11.6 Å². The Morgan fingerprint density at radius 1 is 0.966 bits per heavy atom. The van der Waals surface area contributed by atoms with Crippen LogP contribution in [0.3, 0.4) is 0 Å². The van der Waals surface area contributed by atoms with Crippen molar-refractivity contribution in [1.82, 2.24) is 9.38 Å². The first kappa shape index (κ1) is 19.0. The fraction of sp³-hybridized carbons (Fsp3) is 0.0476. The largest absolute Gasteiger partial charge is 0.309 e. The number of amides is 1. The lowest BCUT2D eigenvalue weighted by Gasteiger charge is -2.08. The number of nitrogens with zero attached hydrogens (tertiary/aromatic N) is 2. The molecule has 1 N–H and O–H groups in total. The fourth-order valence-corrected chi connectivity index (χ4v) is 3.24. The van der Waals surface area contributed by atoms with Crippen molar-refractivity contribution in [3.05, 3.63) is 88.8 Å². The number of anilines is 1. The molecule has 2 aromatic heterocycles. The van der Waals surface area contributed by atoms with Gasteiger partial charge in [0.05, 0.1) is 12.1 Å². The van der Waals surface area contributed by atoms with Crippen molar-refractivity contribution in [3.8, 4) is 11.3 Å². The van der Waals surface area contributed by atoms with Crippen molar-refractivity contribution >= 4 is 29.0 Å². The van der Waals surface area contributed by atoms with Crippen molar-refractivity contribution in [2.45, 2.75) is 6.42 Å². The molecule has 146 valence electrons. The number of carbonyl (C=O) groups is 1. The topological polar surface area (TPSA) is 46.4 Å². The number of rotatable bonds is 4. The molecule has 0 aliphatic heterocycles. The van der Waals surface area contributed by atoms with E-state index in [-0.39, 0.29) is 17.3 Å². The summed E-state index contributed by atoms with van der Waals surface area (Å²) in [5.74, 6) is -1.67. The van der Waals surface area contributed by atoms with E-state index in [1.54, 1.807) is 0 Å². The van der Waals surface area contributed by atoms with Gasteiger partial charge >= 0.3 is 0 Å². The predicted molar refractivity (Wildman–Crippen MR) is 104 cm³/mol. The monoisotopic (exact) mass is 415 g/mol. The van der Waals surface area contributed by atoms with Crippen molar-refractivity contribution in [2.75, 3.05) is 5.32 Å². The van der Waals surface area contributed by atoms with Crippen molar-refractivity contribution in [2.24, 2.45) is 0 Å². The lowest BCUT2D eigenvalue weighted by atomic mass is 10.1. The quantitative estimate of drug-likeness (QED) is 0.494. The Morgan fingerprint density at radius 2 is 1.66 bits per heavy atom. The van der Waals surface area contributed by atoms with Crippen LogP contribution < -0.4 is 5.32 Å². The third-order valence-corrected chi connectivity index (χ3v) is 4.68. The van der Waals surface area contributed by atoms with Gasteiger partial charge in [-0.2, -0.15) is 0 Å². The minimum Gasteiger partial charge on any atom is -0.309 e. The van der Waals surface area contributed by atoms with E-state index < -0.39 is 23.4 Å². The number of hydrogen-bond acceptors (Lipinski definition) is 2. The molecule has 2 heterocycles. The molecule has 0 bridgehead atoms. The van der Waals surface area contributed by atoms with E-state index in [2.05, 4.69) is 10.3 Å². The maximum Gasteiger partial charge on any atom is 0.230 e. The summed E-state index contributed by atoms with van der Waals surface area (Å²) in [6, 6.07) is 12.0. The van der Waals surface area contributed by atoms with Gasteiger partial charge < -0.3 is 5.32 Å². The molecular weight excluding hydrogens is 403 g/mol. The molecule has 8 heteroatoms. The van der Waals surface area contributed by atoms with E-state index in [0.29, 0.717) is 22.5 Å². The van der Waals surface area contributed by atoms with Crippen LogP contribution in [0.15, 0.2) is 60.8 Å². The molecule has 4 aromatic rings. The molecule has 0 fully saturated rings. The van der Waals surface area contributed by atoms with Gasteiger partial charge in [-0.15, -0.1) is 0 Å². The van der Waals surface area contributed by atoms with Crippen LogP contribution in [0.25, 0.3) is 16.9 Å². The summed E-state index contributed by atoms with van der Waals surface area (Å²) in [6.07, 6.45) is 1.12. The highest BCUT2D eigenvalue weighted by Gasteiger charge is 2.18. The minimum absolute atomic E-state index is 0.107. The first-order valence-corrected chi connectivity index (χ1v) is 8.96. The summed E-state index contributed by atoms with van der Waals surface area (Å²) in [5.41, 5.74) is 1.79. The van der Waals surface area contributed by atoms with Crippen LogP contribution in [0.2, 0.25) is 5.02 Å². The average Bonchev–Trinajstić information content (AvgIpc) is 3.01. The van der Waals surface area contributed by atoms with Gasteiger partial charge in [0, 0.05) is 16.8 Å². The Labute approximate surface area is 168 Å². The number of benzene rings is 2. The summed E-state index contributed by atoms with van der Waals surface area (Å²) < 4.78 is 41.8. The van der Waals surface area contributed by atoms with Crippen LogP contribution in [-0.2, 0) is 11.2 Å². The number of pyridine rings is 1. The zero-order valence-corrected chi connectivity index (χ0v) is 15.6. The summed E-state index contributed by atoms with van der Waals surface area (Å²) in [4.78, 5) is 16.9. The van der Waals surface area contributed by atoms with Crippen LogP contribution in [0.5, 0.6) is 0 Å². The zero-order chi connectivity index (χ0) is 20.5. The third-order valence-electron chi connectivity index (χ3n) is 4.32. The summed E-state index contributed by atoms with van der Waals surface area (Å²) in [7, 11) is 0. The van der Waals surface area contributed by atoms with E-state index in [1.807, 2.05) is 0 Å². The second-order valence-corrected chi connectivity index (χ2v) is 6.76.